The van der Waals surface area contributed by atoms with E-state index in [0.29, 0.717) is 5.02 Å². The Morgan fingerprint density at radius 3 is 2.55 bits per heavy atom. The Morgan fingerprint density at radius 1 is 0.864 bits per heavy atom. The maximum Gasteiger partial charge on any atom is 0.125 e. The number of benzene rings is 2. The Labute approximate surface area is 137 Å². The second-order valence-corrected chi connectivity index (χ2v) is 6.36. The molecule has 0 atom stereocenters. The normalized spacial score (nSPS) is 11.0. The number of aromatic nitrogens is 2. The van der Waals surface area contributed by atoms with Gasteiger partial charge in [0.2, 0.25) is 0 Å². The van der Waals surface area contributed by atoms with Crippen molar-refractivity contribution in [2.45, 2.75) is 0 Å². The van der Waals surface area contributed by atoms with Crippen LogP contribution in [0.3, 0.4) is 0 Å². The van der Waals surface area contributed by atoms with Crippen molar-refractivity contribution in [2.75, 3.05) is 0 Å². The zero-order valence-electron chi connectivity index (χ0n) is 11.5. The maximum atomic E-state index is 6.21. The Bertz CT molecular complexity index is 915. The highest BCUT2D eigenvalue weighted by Crippen LogP contribution is 2.37. The SMILES string of the molecule is Clc1ccc(-c2ccccn2)c(-c2nc3ccccc3s2)c1. The number of nitrogens with zero attached hydrogens (tertiary/aromatic N) is 2. The summed E-state index contributed by atoms with van der Waals surface area (Å²) in [5.41, 5.74) is 4.00. The minimum atomic E-state index is 0.703. The van der Waals surface area contributed by atoms with Crippen molar-refractivity contribution in [1.82, 2.24) is 9.97 Å². The van der Waals surface area contributed by atoms with Gasteiger partial charge < -0.3 is 0 Å². The van der Waals surface area contributed by atoms with Crippen molar-refractivity contribution in [3.63, 3.8) is 0 Å². The second kappa shape index (κ2) is 5.52. The molecule has 0 bridgehead atoms. The Balaban J connectivity index is 1.95. The van der Waals surface area contributed by atoms with E-state index in [1.807, 2.05) is 54.6 Å². The lowest BCUT2D eigenvalue weighted by atomic mass is 10.0. The van der Waals surface area contributed by atoms with Gasteiger partial charge >= 0.3 is 0 Å². The van der Waals surface area contributed by atoms with Gasteiger partial charge in [-0.25, -0.2) is 4.98 Å². The fourth-order valence-corrected chi connectivity index (χ4v) is 3.59. The van der Waals surface area contributed by atoms with Gasteiger partial charge in [-0.2, -0.15) is 0 Å². The van der Waals surface area contributed by atoms with Gasteiger partial charge in [-0.3, -0.25) is 4.98 Å². The molecule has 4 heteroatoms. The van der Waals surface area contributed by atoms with Crippen LogP contribution in [0.5, 0.6) is 0 Å². The molecule has 0 saturated heterocycles. The summed E-state index contributed by atoms with van der Waals surface area (Å²) in [6.07, 6.45) is 1.80. The molecule has 0 unspecified atom stereocenters. The number of pyridine rings is 1. The van der Waals surface area contributed by atoms with Gasteiger partial charge in [0.25, 0.3) is 0 Å². The van der Waals surface area contributed by atoms with E-state index in [1.165, 1.54) is 4.70 Å². The fourth-order valence-electron chi connectivity index (χ4n) is 2.43. The highest BCUT2D eigenvalue weighted by Gasteiger charge is 2.13. The van der Waals surface area contributed by atoms with Crippen molar-refractivity contribution in [3.8, 4) is 21.8 Å². The molecular formula is C18H11ClN2S. The first-order chi connectivity index (χ1) is 10.8. The summed E-state index contributed by atoms with van der Waals surface area (Å²) < 4.78 is 1.17. The molecule has 2 aromatic heterocycles. The lowest BCUT2D eigenvalue weighted by molar-refractivity contribution is 1.32. The molecule has 2 nitrogen and oxygen atoms in total. The molecule has 0 saturated carbocycles. The van der Waals surface area contributed by atoms with E-state index in [0.717, 1.165) is 27.3 Å². The molecule has 0 aliphatic heterocycles. The molecular weight excluding hydrogens is 312 g/mol. The van der Waals surface area contributed by atoms with E-state index in [4.69, 9.17) is 16.6 Å². The molecule has 0 aliphatic rings. The predicted octanol–water partition coefficient (Wildman–Crippen LogP) is 5.68. The van der Waals surface area contributed by atoms with Crippen molar-refractivity contribution < 1.29 is 0 Å². The van der Waals surface area contributed by atoms with Gasteiger partial charge in [0.05, 0.1) is 15.9 Å². The minimum absolute atomic E-state index is 0.703. The molecule has 0 amide bonds. The molecule has 0 N–H and O–H groups in total. The molecule has 0 aliphatic carbocycles. The molecule has 106 valence electrons. The predicted molar refractivity (Wildman–Crippen MR) is 93.3 cm³/mol. The number of para-hydroxylation sites is 1. The zero-order chi connectivity index (χ0) is 14.9. The third-order valence-electron chi connectivity index (χ3n) is 3.45. The van der Waals surface area contributed by atoms with Gasteiger partial charge in [-0.1, -0.05) is 35.9 Å². The number of rotatable bonds is 2. The number of hydrogen-bond acceptors (Lipinski definition) is 3. The molecule has 0 spiro atoms. The van der Waals surface area contributed by atoms with Gasteiger partial charge in [0, 0.05) is 22.3 Å². The summed E-state index contributed by atoms with van der Waals surface area (Å²) in [5.74, 6) is 0. The topological polar surface area (TPSA) is 25.8 Å². The van der Waals surface area contributed by atoms with Crippen molar-refractivity contribution >= 4 is 33.2 Å². The first-order valence-electron chi connectivity index (χ1n) is 6.88. The third-order valence-corrected chi connectivity index (χ3v) is 4.75. The third kappa shape index (κ3) is 2.39. The lowest BCUT2D eigenvalue weighted by Crippen LogP contribution is -1.87. The molecule has 4 aromatic rings. The molecule has 22 heavy (non-hydrogen) atoms. The lowest BCUT2D eigenvalue weighted by Gasteiger charge is -2.07. The van der Waals surface area contributed by atoms with Crippen molar-refractivity contribution in [1.29, 1.82) is 0 Å². The van der Waals surface area contributed by atoms with E-state index in [1.54, 1.807) is 17.5 Å². The summed E-state index contributed by atoms with van der Waals surface area (Å²) in [6, 6.07) is 19.9. The van der Waals surface area contributed by atoms with Crippen LogP contribution in [0.25, 0.3) is 32.0 Å². The van der Waals surface area contributed by atoms with E-state index >= 15 is 0 Å². The fraction of sp³-hybridized carbons (Fsp3) is 0. The molecule has 0 fully saturated rings. The molecule has 0 radical (unpaired) electrons. The summed E-state index contributed by atoms with van der Waals surface area (Å²) in [7, 11) is 0. The second-order valence-electron chi connectivity index (χ2n) is 4.89. The Kier molecular flexibility index (Phi) is 3.37. The summed E-state index contributed by atoms with van der Waals surface area (Å²) in [5, 5.41) is 1.67. The number of halogens is 1. The van der Waals surface area contributed by atoms with E-state index in [-0.39, 0.29) is 0 Å². The van der Waals surface area contributed by atoms with Gasteiger partial charge in [-0.15, -0.1) is 11.3 Å². The summed E-state index contributed by atoms with van der Waals surface area (Å²) in [6.45, 7) is 0. The Hall–Kier alpha value is -2.23. The van der Waals surface area contributed by atoms with E-state index in [2.05, 4.69) is 11.1 Å². The van der Waals surface area contributed by atoms with E-state index in [9.17, 15) is 0 Å². The first-order valence-corrected chi connectivity index (χ1v) is 8.07. The average molecular weight is 323 g/mol. The number of hydrogen-bond donors (Lipinski definition) is 0. The van der Waals surface area contributed by atoms with Crippen LogP contribution in [0.1, 0.15) is 0 Å². The van der Waals surface area contributed by atoms with Crippen LogP contribution < -0.4 is 0 Å². The van der Waals surface area contributed by atoms with Gasteiger partial charge in [0.15, 0.2) is 0 Å². The zero-order valence-corrected chi connectivity index (χ0v) is 13.1. The summed E-state index contributed by atoms with van der Waals surface area (Å²) >= 11 is 7.88. The van der Waals surface area contributed by atoms with E-state index < -0.39 is 0 Å². The van der Waals surface area contributed by atoms with Crippen LogP contribution in [0, 0.1) is 0 Å². The van der Waals surface area contributed by atoms with Crippen molar-refractivity contribution in [2.24, 2.45) is 0 Å². The van der Waals surface area contributed by atoms with Crippen LogP contribution in [0.2, 0.25) is 5.02 Å². The first kappa shape index (κ1) is 13.4. The van der Waals surface area contributed by atoms with Gasteiger partial charge in [-0.05, 0) is 36.4 Å². The molecule has 2 aromatic carbocycles. The smallest absolute Gasteiger partial charge is 0.125 e. The largest absolute Gasteiger partial charge is 0.256 e. The van der Waals surface area contributed by atoms with Crippen molar-refractivity contribution in [3.05, 3.63) is 71.9 Å². The molecule has 2 heterocycles. The quantitative estimate of drug-likeness (QED) is 0.474. The monoisotopic (exact) mass is 322 g/mol. The van der Waals surface area contributed by atoms with Crippen LogP contribution in [-0.4, -0.2) is 9.97 Å². The van der Waals surface area contributed by atoms with Crippen LogP contribution in [-0.2, 0) is 0 Å². The highest BCUT2D eigenvalue weighted by molar-refractivity contribution is 7.21. The van der Waals surface area contributed by atoms with Crippen LogP contribution >= 0.6 is 22.9 Å². The van der Waals surface area contributed by atoms with Gasteiger partial charge in [0.1, 0.15) is 5.01 Å². The minimum Gasteiger partial charge on any atom is -0.256 e. The summed E-state index contributed by atoms with van der Waals surface area (Å²) in [4.78, 5) is 9.19. The average Bonchev–Trinajstić information content (AvgIpc) is 2.99. The van der Waals surface area contributed by atoms with Crippen LogP contribution in [0.15, 0.2) is 66.9 Å². The number of thiazole rings is 1. The Morgan fingerprint density at radius 2 is 1.73 bits per heavy atom. The standard InChI is InChI=1S/C18H11ClN2S/c19-12-8-9-13(15-5-3-4-10-20-15)14(11-12)18-21-16-6-1-2-7-17(16)22-18/h1-11H. The highest BCUT2D eigenvalue weighted by atomic mass is 35.5. The maximum absolute atomic E-state index is 6.21. The molecule has 4 rings (SSSR count). The van der Waals surface area contributed by atoms with Crippen LogP contribution in [0.4, 0.5) is 0 Å². The number of fused-ring (bicyclic) bond motifs is 1.